The van der Waals surface area contributed by atoms with Crippen LogP contribution in [0.15, 0.2) is 24.5 Å². The van der Waals surface area contributed by atoms with Gasteiger partial charge in [0.05, 0.1) is 12.1 Å². The smallest absolute Gasteiger partial charge is 0.137 e. The van der Waals surface area contributed by atoms with E-state index in [9.17, 15) is 0 Å². The molecule has 24 heavy (non-hydrogen) atoms. The average molecular weight is 347 g/mol. The standard InChI is InChI=1S/C18H23ClN4O/c19-14-1-2-16-17(9-14)20-12-21-18(16)22-15-3-6-23(7-4-15)10-13-5-8-24-11-13/h1-2,9,12-13,15H,3-8,10-11H2,(H,20,21,22). The second-order valence-corrected chi connectivity index (χ2v) is 7.27. The molecule has 1 aromatic heterocycles. The minimum atomic E-state index is 0.467. The molecule has 6 heteroatoms. The summed E-state index contributed by atoms with van der Waals surface area (Å²) in [5, 5.41) is 5.35. The van der Waals surface area contributed by atoms with Crippen LogP contribution in [0.25, 0.3) is 10.9 Å². The van der Waals surface area contributed by atoms with E-state index in [2.05, 4.69) is 20.2 Å². The van der Waals surface area contributed by atoms with Crippen molar-refractivity contribution in [1.29, 1.82) is 0 Å². The van der Waals surface area contributed by atoms with Crippen molar-refractivity contribution in [1.82, 2.24) is 14.9 Å². The Labute approximate surface area is 147 Å². The number of piperidine rings is 1. The van der Waals surface area contributed by atoms with E-state index in [-0.39, 0.29) is 0 Å². The topological polar surface area (TPSA) is 50.3 Å². The van der Waals surface area contributed by atoms with E-state index in [4.69, 9.17) is 16.3 Å². The molecular weight excluding hydrogens is 324 g/mol. The molecule has 2 fully saturated rings. The van der Waals surface area contributed by atoms with Crippen LogP contribution < -0.4 is 5.32 Å². The Bertz CT molecular complexity index is 696. The molecule has 0 aliphatic carbocycles. The number of fused-ring (bicyclic) bond motifs is 1. The summed E-state index contributed by atoms with van der Waals surface area (Å²) in [5.41, 5.74) is 0.888. The molecule has 128 valence electrons. The predicted molar refractivity (Wildman–Crippen MR) is 96.6 cm³/mol. The first-order valence-electron chi connectivity index (χ1n) is 8.75. The Kier molecular flexibility index (Phi) is 4.83. The van der Waals surface area contributed by atoms with E-state index in [1.165, 1.54) is 13.0 Å². The fraction of sp³-hybridized carbons (Fsp3) is 0.556. The van der Waals surface area contributed by atoms with Crippen molar-refractivity contribution in [2.45, 2.75) is 25.3 Å². The van der Waals surface area contributed by atoms with Crippen LogP contribution in [0.2, 0.25) is 5.02 Å². The molecule has 2 aromatic rings. The van der Waals surface area contributed by atoms with E-state index in [1.54, 1.807) is 6.33 Å². The first-order chi connectivity index (χ1) is 11.8. The van der Waals surface area contributed by atoms with Gasteiger partial charge in [-0.05, 0) is 43.4 Å². The van der Waals surface area contributed by atoms with Gasteiger partial charge in [-0.1, -0.05) is 11.6 Å². The van der Waals surface area contributed by atoms with Gasteiger partial charge in [-0.2, -0.15) is 0 Å². The van der Waals surface area contributed by atoms with E-state index in [0.29, 0.717) is 11.1 Å². The summed E-state index contributed by atoms with van der Waals surface area (Å²) in [6.45, 7) is 5.34. The third-order valence-corrected chi connectivity index (χ3v) is 5.30. The summed E-state index contributed by atoms with van der Waals surface area (Å²) < 4.78 is 5.49. The number of halogens is 1. The lowest BCUT2D eigenvalue weighted by Crippen LogP contribution is -2.41. The third-order valence-electron chi connectivity index (χ3n) is 5.07. The lowest BCUT2D eigenvalue weighted by Gasteiger charge is -2.33. The highest BCUT2D eigenvalue weighted by Crippen LogP contribution is 2.25. The number of likely N-dealkylation sites (tertiary alicyclic amines) is 1. The van der Waals surface area contributed by atoms with Gasteiger partial charge in [0.15, 0.2) is 0 Å². The number of anilines is 1. The fourth-order valence-electron chi connectivity index (χ4n) is 3.69. The lowest BCUT2D eigenvalue weighted by molar-refractivity contribution is 0.154. The molecule has 0 spiro atoms. The molecule has 2 aliphatic heterocycles. The van der Waals surface area contributed by atoms with Crippen LogP contribution >= 0.6 is 11.6 Å². The second-order valence-electron chi connectivity index (χ2n) is 6.83. The summed E-state index contributed by atoms with van der Waals surface area (Å²) in [7, 11) is 0. The van der Waals surface area contributed by atoms with Gasteiger partial charge < -0.3 is 15.0 Å². The fourth-order valence-corrected chi connectivity index (χ4v) is 3.86. The number of rotatable bonds is 4. The molecule has 3 heterocycles. The van der Waals surface area contributed by atoms with Crippen molar-refractivity contribution >= 4 is 28.3 Å². The van der Waals surface area contributed by atoms with Crippen LogP contribution in [0, 0.1) is 5.92 Å². The first-order valence-corrected chi connectivity index (χ1v) is 9.12. The van der Waals surface area contributed by atoms with Crippen molar-refractivity contribution in [3.8, 4) is 0 Å². The molecule has 0 amide bonds. The van der Waals surface area contributed by atoms with Gasteiger partial charge in [-0.15, -0.1) is 0 Å². The molecule has 0 saturated carbocycles. The Balaban J connectivity index is 1.37. The van der Waals surface area contributed by atoms with Crippen LogP contribution in [0.1, 0.15) is 19.3 Å². The lowest BCUT2D eigenvalue weighted by atomic mass is 10.0. The number of aromatic nitrogens is 2. The molecule has 1 unspecified atom stereocenters. The number of nitrogens with zero attached hydrogens (tertiary/aromatic N) is 3. The minimum absolute atomic E-state index is 0.467. The van der Waals surface area contributed by atoms with E-state index in [1.807, 2.05) is 18.2 Å². The molecule has 1 atom stereocenters. The summed E-state index contributed by atoms with van der Waals surface area (Å²) in [6, 6.07) is 6.24. The molecule has 2 aliphatic rings. The van der Waals surface area contributed by atoms with Crippen molar-refractivity contribution in [2.24, 2.45) is 5.92 Å². The van der Waals surface area contributed by atoms with Crippen LogP contribution in [0.5, 0.6) is 0 Å². The zero-order chi connectivity index (χ0) is 16.4. The second kappa shape index (κ2) is 7.21. The Morgan fingerprint density at radius 3 is 2.88 bits per heavy atom. The number of hydrogen-bond acceptors (Lipinski definition) is 5. The van der Waals surface area contributed by atoms with E-state index < -0.39 is 0 Å². The maximum atomic E-state index is 6.05. The van der Waals surface area contributed by atoms with Crippen LogP contribution in [-0.4, -0.2) is 53.8 Å². The molecular formula is C18H23ClN4O. The zero-order valence-corrected chi connectivity index (χ0v) is 14.5. The maximum absolute atomic E-state index is 6.05. The van der Waals surface area contributed by atoms with Crippen LogP contribution in [0.4, 0.5) is 5.82 Å². The SMILES string of the molecule is Clc1ccc2c(NC3CCN(CC4CCOC4)CC3)ncnc2c1. The molecule has 2 saturated heterocycles. The van der Waals surface area contributed by atoms with Gasteiger partial charge in [0.25, 0.3) is 0 Å². The molecule has 1 N–H and O–H groups in total. The predicted octanol–water partition coefficient (Wildman–Crippen LogP) is 3.20. The first kappa shape index (κ1) is 16.1. The third kappa shape index (κ3) is 3.63. The van der Waals surface area contributed by atoms with Gasteiger partial charge in [-0.3, -0.25) is 0 Å². The van der Waals surface area contributed by atoms with Crippen molar-refractivity contribution in [3.05, 3.63) is 29.5 Å². The Morgan fingerprint density at radius 1 is 1.21 bits per heavy atom. The Hall–Kier alpha value is -1.43. The monoisotopic (exact) mass is 346 g/mol. The van der Waals surface area contributed by atoms with Gasteiger partial charge in [0.2, 0.25) is 0 Å². The molecule has 4 rings (SSSR count). The van der Waals surface area contributed by atoms with Crippen LogP contribution in [0.3, 0.4) is 0 Å². The van der Waals surface area contributed by atoms with Gasteiger partial charge in [-0.25, -0.2) is 9.97 Å². The number of benzene rings is 1. The largest absolute Gasteiger partial charge is 0.381 e. The highest BCUT2D eigenvalue weighted by molar-refractivity contribution is 6.31. The molecule has 1 aromatic carbocycles. The number of hydrogen-bond donors (Lipinski definition) is 1. The normalized spacial score (nSPS) is 23.0. The van der Waals surface area contributed by atoms with Crippen molar-refractivity contribution in [3.63, 3.8) is 0 Å². The minimum Gasteiger partial charge on any atom is -0.381 e. The number of ether oxygens (including phenoxy) is 1. The summed E-state index contributed by atoms with van der Waals surface area (Å²) in [4.78, 5) is 11.3. The van der Waals surface area contributed by atoms with Crippen molar-refractivity contribution < 1.29 is 4.74 Å². The molecule has 0 radical (unpaired) electrons. The molecule has 5 nitrogen and oxygen atoms in total. The van der Waals surface area contributed by atoms with Crippen molar-refractivity contribution in [2.75, 3.05) is 38.2 Å². The highest BCUT2D eigenvalue weighted by Gasteiger charge is 2.24. The quantitative estimate of drug-likeness (QED) is 0.921. The molecule has 0 bridgehead atoms. The zero-order valence-electron chi connectivity index (χ0n) is 13.7. The summed E-state index contributed by atoms with van der Waals surface area (Å²) in [5.74, 6) is 1.64. The van der Waals surface area contributed by atoms with Crippen LogP contribution in [-0.2, 0) is 4.74 Å². The van der Waals surface area contributed by atoms with E-state index >= 15 is 0 Å². The average Bonchev–Trinajstić information content (AvgIpc) is 3.09. The van der Waals surface area contributed by atoms with E-state index in [0.717, 1.165) is 61.8 Å². The maximum Gasteiger partial charge on any atom is 0.137 e. The number of nitrogens with one attached hydrogen (secondary N) is 1. The summed E-state index contributed by atoms with van der Waals surface area (Å²) >= 11 is 6.05. The summed E-state index contributed by atoms with van der Waals surface area (Å²) in [6.07, 6.45) is 5.11. The highest BCUT2D eigenvalue weighted by atomic mass is 35.5. The van der Waals surface area contributed by atoms with Gasteiger partial charge in [0, 0.05) is 42.7 Å². The Morgan fingerprint density at radius 2 is 2.08 bits per heavy atom. The van der Waals surface area contributed by atoms with Gasteiger partial charge >= 0.3 is 0 Å². The van der Waals surface area contributed by atoms with Gasteiger partial charge in [0.1, 0.15) is 12.1 Å².